The van der Waals surface area contributed by atoms with E-state index >= 15 is 0 Å². The summed E-state index contributed by atoms with van der Waals surface area (Å²) < 4.78 is 0. The van der Waals surface area contributed by atoms with Crippen LogP contribution in [0.3, 0.4) is 0 Å². The third-order valence-electron chi connectivity index (χ3n) is 3.04. The molecular weight excluding hydrogens is 320 g/mol. The number of anilines is 2. The van der Waals surface area contributed by atoms with Crippen LogP contribution in [0.25, 0.3) is 5.57 Å². The molecule has 5 nitrogen and oxygen atoms in total. The maximum Gasteiger partial charge on any atom is 0.422 e. The van der Waals surface area contributed by atoms with Crippen molar-refractivity contribution in [2.24, 2.45) is 4.90 Å². The summed E-state index contributed by atoms with van der Waals surface area (Å²) in [4.78, 5) is 11.9. The molecule has 0 atom stereocenters. The van der Waals surface area contributed by atoms with Gasteiger partial charge in [-0.3, -0.25) is 0 Å². The average molecular weight is 328 g/mol. The maximum absolute atomic E-state index is 8.83. The lowest BCUT2D eigenvalue weighted by Gasteiger charge is -2.08. The molecule has 2 aromatic rings. The van der Waals surface area contributed by atoms with E-state index in [0.29, 0.717) is 10.8 Å². The van der Waals surface area contributed by atoms with Gasteiger partial charge in [-0.15, -0.1) is 0 Å². The number of nitriles is 1. The second kappa shape index (κ2) is 6.18. The molecule has 0 fully saturated rings. The van der Waals surface area contributed by atoms with Gasteiger partial charge in [-0.25, -0.2) is 10.2 Å². The van der Waals surface area contributed by atoms with Gasteiger partial charge in [0, 0.05) is 17.9 Å². The first kappa shape index (κ1) is 14.6. The van der Waals surface area contributed by atoms with Gasteiger partial charge in [-0.05, 0) is 34.9 Å². The lowest BCUT2D eigenvalue weighted by molar-refractivity contribution is 1.17. The Morgan fingerprint density at radius 1 is 1.18 bits per heavy atom. The molecule has 0 aliphatic carbocycles. The Kier molecular flexibility index (Phi) is 4.10. The average Bonchev–Trinajstić information content (AvgIpc) is 3.01. The van der Waals surface area contributed by atoms with Crippen molar-refractivity contribution in [1.82, 2.24) is 9.97 Å². The number of nitrogens with one attached hydrogen (secondary N) is 1. The van der Waals surface area contributed by atoms with Crippen LogP contribution in [0.4, 0.5) is 11.5 Å². The van der Waals surface area contributed by atoms with E-state index in [1.807, 2.05) is 30.2 Å². The van der Waals surface area contributed by atoms with E-state index in [4.69, 9.17) is 28.5 Å². The van der Waals surface area contributed by atoms with Crippen LogP contribution in [0, 0.1) is 11.2 Å². The van der Waals surface area contributed by atoms with Gasteiger partial charge in [-0.1, -0.05) is 29.7 Å². The van der Waals surface area contributed by atoms with E-state index in [1.165, 1.54) is 6.20 Å². The summed E-state index contributed by atoms with van der Waals surface area (Å²) in [6, 6.07) is 7.62. The van der Waals surface area contributed by atoms with Crippen LogP contribution in [-0.4, -0.2) is 23.0 Å². The quantitative estimate of drug-likeness (QED) is 0.690. The number of allylic oxidation sites excluding steroid dienone is 1. The molecule has 0 saturated heterocycles. The predicted molar refractivity (Wildman–Crippen MR) is 89.6 cm³/mol. The standard InChI is InChI=1S/C14H8BCl2N5/c16-12-7-19-14(17)22-13(12)21-11-3-1-9(2-4-11)10-5-15(8-18)20-6-10/h1-7H,(H,19,21,22). The Labute approximate surface area is 137 Å². The molecule has 22 heavy (non-hydrogen) atoms. The van der Waals surface area contributed by atoms with E-state index in [-0.39, 0.29) is 5.28 Å². The molecule has 3 rings (SSSR count). The Morgan fingerprint density at radius 2 is 1.95 bits per heavy atom. The lowest BCUT2D eigenvalue weighted by atomic mass is 9.66. The molecule has 0 saturated carbocycles. The lowest BCUT2D eigenvalue weighted by Crippen LogP contribution is -1.97. The van der Waals surface area contributed by atoms with Crippen LogP contribution in [0.2, 0.25) is 10.3 Å². The van der Waals surface area contributed by atoms with Gasteiger partial charge in [0.1, 0.15) is 5.02 Å². The van der Waals surface area contributed by atoms with Gasteiger partial charge in [0.2, 0.25) is 5.28 Å². The molecule has 1 aliphatic heterocycles. The van der Waals surface area contributed by atoms with Crippen molar-refractivity contribution >= 4 is 53.3 Å². The Hall–Kier alpha value is -2.36. The van der Waals surface area contributed by atoms with Crippen LogP contribution in [0.1, 0.15) is 5.56 Å². The van der Waals surface area contributed by atoms with Gasteiger partial charge >= 0.3 is 6.85 Å². The highest BCUT2D eigenvalue weighted by atomic mass is 35.5. The zero-order valence-electron chi connectivity index (χ0n) is 11.2. The minimum Gasteiger partial charge on any atom is -0.339 e. The topological polar surface area (TPSA) is 74.0 Å². The number of aromatic nitrogens is 2. The van der Waals surface area contributed by atoms with Gasteiger partial charge in [0.05, 0.1) is 6.20 Å². The minimum atomic E-state index is -0.394. The molecular formula is C14H8BCl2N5. The first-order chi connectivity index (χ1) is 10.7. The Bertz CT molecular complexity index is 811. The minimum absolute atomic E-state index is 0.124. The fourth-order valence-corrected chi connectivity index (χ4v) is 2.25. The van der Waals surface area contributed by atoms with E-state index in [0.717, 1.165) is 16.8 Å². The molecule has 106 valence electrons. The van der Waals surface area contributed by atoms with Crippen molar-refractivity contribution in [3.63, 3.8) is 0 Å². The summed E-state index contributed by atoms with van der Waals surface area (Å²) in [6.07, 6.45) is 3.15. The fraction of sp³-hybridized carbons (Fsp3) is 0. The first-order valence-electron chi connectivity index (χ1n) is 6.36. The normalized spacial score (nSPS) is 13.0. The van der Waals surface area contributed by atoms with Gasteiger partial charge < -0.3 is 10.2 Å². The summed E-state index contributed by atoms with van der Waals surface area (Å²) >= 11 is 11.8. The van der Waals surface area contributed by atoms with Crippen molar-refractivity contribution < 1.29 is 0 Å². The largest absolute Gasteiger partial charge is 0.422 e. The van der Waals surface area contributed by atoms with E-state index in [2.05, 4.69) is 26.2 Å². The van der Waals surface area contributed by atoms with Gasteiger partial charge in [0.15, 0.2) is 5.82 Å². The third kappa shape index (κ3) is 3.11. The highest BCUT2D eigenvalue weighted by Crippen LogP contribution is 2.25. The highest BCUT2D eigenvalue weighted by Gasteiger charge is 2.16. The Balaban J connectivity index is 1.79. The maximum atomic E-state index is 8.83. The first-order valence-corrected chi connectivity index (χ1v) is 7.11. The Morgan fingerprint density at radius 3 is 2.64 bits per heavy atom. The number of nitrogens with zero attached hydrogens (tertiary/aromatic N) is 4. The van der Waals surface area contributed by atoms with Crippen molar-refractivity contribution in [3.05, 3.63) is 52.3 Å². The number of benzene rings is 1. The smallest absolute Gasteiger partial charge is 0.339 e. The molecule has 8 heteroatoms. The molecule has 0 radical (unpaired) electrons. The molecule has 0 amide bonds. The van der Waals surface area contributed by atoms with Crippen LogP contribution in [-0.2, 0) is 0 Å². The van der Waals surface area contributed by atoms with E-state index in [1.54, 1.807) is 6.21 Å². The fourth-order valence-electron chi connectivity index (χ4n) is 1.97. The molecule has 1 aliphatic rings. The number of hydrogen-bond acceptors (Lipinski definition) is 5. The van der Waals surface area contributed by atoms with Crippen LogP contribution < -0.4 is 5.32 Å². The molecule has 0 spiro atoms. The van der Waals surface area contributed by atoms with Crippen LogP contribution in [0.5, 0.6) is 0 Å². The van der Waals surface area contributed by atoms with Crippen LogP contribution >= 0.6 is 23.2 Å². The van der Waals surface area contributed by atoms with Gasteiger partial charge in [0.25, 0.3) is 0 Å². The SMILES string of the molecule is N#CB1C=C(c2ccc(Nc3nc(Cl)ncc3Cl)cc2)C=N1. The van der Waals surface area contributed by atoms with Crippen molar-refractivity contribution in [2.75, 3.05) is 5.32 Å². The van der Waals surface area contributed by atoms with Crippen LogP contribution in [0.15, 0.2) is 41.3 Å². The summed E-state index contributed by atoms with van der Waals surface area (Å²) in [5, 5.41) is 12.4. The van der Waals surface area contributed by atoms with Crippen molar-refractivity contribution in [3.8, 4) is 5.97 Å². The van der Waals surface area contributed by atoms with E-state index in [9.17, 15) is 0 Å². The highest BCUT2D eigenvalue weighted by molar-refractivity contribution is 6.75. The number of hydrogen-bond donors (Lipinski definition) is 1. The summed E-state index contributed by atoms with van der Waals surface area (Å²) in [7, 11) is 0. The summed E-state index contributed by atoms with van der Waals surface area (Å²) in [5.41, 5.74) is 2.73. The second-order valence-electron chi connectivity index (χ2n) is 4.51. The molecule has 0 bridgehead atoms. The molecule has 1 aromatic heterocycles. The van der Waals surface area contributed by atoms with Crippen molar-refractivity contribution in [1.29, 1.82) is 5.26 Å². The van der Waals surface area contributed by atoms with Gasteiger partial charge in [-0.2, -0.15) is 4.98 Å². The zero-order chi connectivity index (χ0) is 15.5. The molecule has 0 unspecified atom stereocenters. The third-order valence-corrected chi connectivity index (χ3v) is 3.50. The predicted octanol–water partition coefficient (Wildman–Crippen LogP) is 3.59. The monoisotopic (exact) mass is 327 g/mol. The summed E-state index contributed by atoms with van der Waals surface area (Å²) in [5.74, 6) is 4.36. The summed E-state index contributed by atoms with van der Waals surface area (Å²) in [6.45, 7) is -0.394. The number of halogens is 2. The second-order valence-corrected chi connectivity index (χ2v) is 5.26. The molecule has 2 heterocycles. The molecule has 1 N–H and O–H groups in total. The number of rotatable bonds is 3. The zero-order valence-corrected chi connectivity index (χ0v) is 12.7. The van der Waals surface area contributed by atoms with E-state index < -0.39 is 6.85 Å². The van der Waals surface area contributed by atoms with Crippen molar-refractivity contribution in [2.45, 2.75) is 0 Å². The molecule has 1 aromatic carbocycles.